The quantitative estimate of drug-likeness (QED) is 0.577. The first kappa shape index (κ1) is 13.7. The maximum atomic E-state index is 11.0. The predicted octanol–water partition coefficient (Wildman–Crippen LogP) is 2.98. The lowest BCUT2D eigenvalue weighted by molar-refractivity contribution is -0.383. The molecule has 0 atom stereocenters. The molecule has 0 radical (unpaired) electrons. The van der Waals surface area contributed by atoms with E-state index < -0.39 is 4.92 Å². The van der Waals surface area contributed by atoms with Gasteiger partial charge >= 0.3 is 0 Å². The van der Waals surface area contributed by atoms with Crippen LogP contribution in [0.2, 0.25) is 0 Å². The van der Waals surface area contributed by atoms with Gasteiger partial charge in [-0.2, -0.15) is 5.10 Å². The fourth-order valence-corrected chi connectivity index (χ4v) is 2.05. The third-order valence-electron chi connectivity index (χ3n) is 3.05. The Labute approximate surface area is 126 Å². The van der Waals surface area contributed by atoms with Gasteiger partial charge in [0, 0.05) is 24.5 Å². The Kier molecular flexibility index (Phi) is 3.78. The molecule has 3 aromatic rings. The summed E-state index contributed by atoms with van der Waals surface area (Å²) in [6, 6.07) is 13.9. The Morgan fingerprint density at radius 3 is 2.73 bits per heavy atom. The largest absolute Gasteiger partial charge is 0.333 e. The molecule has 7 nitrogen and oxygen atoms in total. The summed E-state index contributed by atoms with van der Waals surface area (Å²) >= 11 is 0. The van der Waals surface area contributed by atoms with Gasteiger partial charge in [0.15, 0.2) is 5.82 Å². The summed E-state index contributed by atoms with van der Waals surface area (Å²) in [6.07, 6.45) is 3.52. The standard InChI is InChI=1S/C15H13N5O2/c21-20(22)14-7-2-1-6-13(14)17-15-8-10-19(18-15)11-12-5-3-4-9-16-12/h1-10H,11H2,(H,17,18). The van der Waals surface area contributed by atoms with Crippen molar-refractivity contribution in [2.45, 2.75) is 6.54 Å². The van der Waals surface area contributed by atoms with E-state index in [1.54, 1.807) is 41.3 Å². The van der Waals surface area contributed by atoms with Crippen LogP contribution >= 0.6 is 0 Å². The summed E-state index contributed by atoms with van der Waals surface area (Å²) in [4.78, 5) is 14.8. The number of para-hydroxylation sites is 2. The summed E-state index contributed by atoms with van der Waals surface area (Å²) in [5, 5.41) is 18.3. The first-order valence-electron chi connectivity index (χ1n) is 6.66. The van der Waals surface area contributed by atoms with Crippen LogP contribution in [0.4, 0.5) is 17.2 Å². The summed E-state index contributed by atoms with van der Waals surface area (Å²) < 4.78 is 1.72. The minimum Gasteiger partial charge on any atom is -0.333 e. The molecule has 2 aromatic heterocycles. The number of nitrogens with one attached hydrogen (secondary N) is 1. The highest BCUT2D eigenvalue weighted by Crippen LogP contribution is 2.26. The van der Waals surface area contributed by atoms with Crippen molar-refractivity contribution in [3.63, 3.8) is 0 Å². The van der Waals surface area contributed by atoms with Crippen LogP contribution in [0.3, 0.4) is 0 Å². The van der Waals surface area contributed by atoms with Gasteiger partial charge in [0.05, 0.1) is 17.2 Å². The second kappa shape index (κ2) is 6.04. The number of pyridine rings is 1. The molecule has 110 valence electrons. The molecule has 7 heteroatoms. The van der Waals surface area contributed by atoms with Crippen LogP contribution in [-0.2, 0) is 6.54 Å². The van der Waals surface area contributed by atoms with Crippen molar-refractivity contribution in [3.05, 3.63) is 76.7 Å². The van der Waals surface area contributed by atoms with Crippen LogP contribution in [0.25, 0.3) is 0 Å². The van der Waals surface area contributed by atoms with Gasteiger partial charge in [0.25, 0.3) is 5.69 Å². The summed E-state index contributed by atoms with van der Waals surface area (Å²) in [6.45, 7) is 0.541. The van der Waals surface area contributed by atoms with Crippen molar-refractivity contribution in [1.82, 2.24) is 14.8 Å². The van der Waals surface area contributed by atoms with E-state index in [-0.39, 0.29) is 5.69 Å². The Bertz CT molecular complexity index is 785. The van der Waals surface area contributed by atoms with Gasteiger partial charge in [-0.05, 0) is 18.2 Å². The zero-order valence-electron chi connectivity index (χ0n) is 11.6. The second-order valence-electron chi connectivity index (χ2n) is 4.62. The molecular weight excluding hydrogens is 282 g/mol. The van der Waals surface area contributed by atoms with Crippen molar-refractivity contribution in [3.8, 4) is 0 Å². The normalized spacial score (nSPS) is 10.4. The van der Waals surface area contributed by atoms with Crippen molar-refractivity contribution in [2.75, 3.05) is 5.32 Å². The van der Waals surface area contributed by atoms with E-state index in [0.717, 1.165) is 5.69 Å². The molecule has 1 N–H and O–H groups in total. The number of nitrogens with zero attached hydrogens (tertiary/aromatic N) is 4. The predicted molar refractivity (Wildman–Crippen MR) is 81.9 cm³/mol. The average Bonchev–Trinajstić information content (AvgIpc) is 2.96. The lowest BCUT2D eigenvalue weighted by atomic mass is 10.2. The SMILES string of the molecule is O=[N+]([O-])c1ccccc1Nc1ccn(Cc2ccccn2)n1. The monoisotopic (exact) mass is 295 g/mol. The number of hydrogen-bond acceptors (Lipinski definition) is 5. The van der Waals surface area contributed by atoms with Gasteiger partial charge in [-0.25, -0.2) is 0 Å². The first-order chi connectivity index (χ1) is 10.7. The zero-order chi connectivity index (χ0) is 15.4. The van der Waals surface area contributed by atoms with Gasteiger partial charge < -0.3 is 5.32 Å². The van der Waals surface area contributed by atoms with E-state index in [4.69, 9.17) is 0 Å². The fraction of sp³-hybridized carbons (Fsp3) is 0.0667. The third kappa shape index (κ3) is 3.09. The zero-order valence-corrected chi connectivity index (χ0v) is 11.6. The van der Waals surface area contributed by atoms with E-state index in [2.05, 4.69) is 15.4 Å². The summed E-state index contributed by atoms with van der Waals surface area (Å²) in [5.74, 6) is 0.547. The maximum absolute atomic E-state index is 11.0. The van der Waals surface area contributed by atoms with Crippen molar-refractivity contribution >= 4 is 17.2 Å². The van der Waals surface area contributed by atoms with Crippen molar-refractivity contribution in [2.24, 2.45) is 0 Å². The van der Waals surface area contributed by atoms with Crippen LogP contribution in [0.5, 0.6) is 0 Å². The smallest absolute Gasteiger partial charge is 0.292 e. The van der Waals surface area contributed by atoms with E-state index >= 15 is 0 Å². The number of nitro groups is 1. The molecule has 0 aliphatic rings. The topological polar surface area (TPSA) is 85.9 Å². The van der Waals surface area contributed by atoms with Gasteiger partial charge in [-0.1, -0.05) is 18.2 Å². The molecule has 0 fully saturated rings. The molecule has 2 heterocycles. The number of rotatable bonds is 5. The van der Waals surface area contributed by atoms with Gasteiger partial charge in [0.2, 0.25) is 0 Å². The molecule has 0 spiro atoms. The number of benzene rings is 1. The molecule has 0 aliphatic carbocycles. The molecule has 1 aromatic carbocycles. The lowest BCUT2D eigenvalue weighted by Gasteiger charge is -2.04. The first-order valence-corrected chi connectivity index (χ1v) is 6.66. The van der Waals surface area contributed by atoms with Crippen LogP contribution < -0.4 is 5.32 Å². The van der Waals surface area contributed by atoms with Crippen molar-refractivity contribution in [1.29, 1.82) is 0 Å². The summed E-state index contributed by atoms with van der Waals surface area (Å²) in [5.41, 5.74) is 1.32. The van der Waals surface area contributed by atoms with Crippen LogP contribution in [0.1, 0.15) is 5.69 Å². The minimum absolute atomic E-state index is 0.0155. The Balaban J connectivity index is 1.76. The second-order valence-corrected chi connectivity index (χ2v) is 4.62. The number of aromatic nitrogens is 3. The molecule has 22 heavy (non-hydrogen) atoms. The van der Waals surface area contributed by atoms with E-state index in [1.807, 2.05) is 18.2 Å². The molecule has 0 saturated carbocycles. The highest BCUT2D eigenvalue weighted by Gasteiger charge is 2.13. The Morgan fingerprint density at radius 1 is 1.14 bits per heavy atom. The fourth-order valence-electron chi connectivity index (χ4n) is 2.05. The van der Waals surface area contributed by atoms with Crippen molar-refractivity contribution < 1.29 is 4.92 Å². The van der Waals surface area contributed by atoms with Crippen LogP contribution in [-0.4, -0.2) is 19.7 Å². The Hall–Kier alpha value is -3.22. The van der Waals surface area contributed by atoms with Gasteiger partial charge in [-0.3, -0.25) is 19.8 Å². The van der Waals surface area contributed by atoms with Crippen LogP contribution in [0.15, 0.2) is 60.9 Å². The third-order valence-corrected chi connectivity index (χ3v) is 3.05. The molecule has 0 unspecified atom stereocenters. The van der Waals surface area contributed by atoms with Gasteiger partial charge in [-0.15, -0.1) is 0 Å². The number of hydrogen-bond donors (Lipinski definition) is 1. The van der Waals surface area contributed by atoms with Gasteiger partial charge in [0.1, 0.15) is 5.69 Å². The molecule has 0 saturated heterocycles. The maximum Gasteiger partial charge on any atom is 0.292 e. The van der Waals surface area contributed by atoms with Crippen LogP contribution in [0, 0.1) is 10.1 Å². The molecule has 0 bridgehead atoms. The molecule has 0 amide bonds. The molecule has 3 rings (SSSR count). The molecule has 0 aliphatic heterocycles. The average molecular weight is 295 g/mol. The summed E-state index contributed by atoms with van der Waals surface area (Å²) in [7, 11) is 0. The Morgan fingerprint density at radius 2 is 1.95 bits per heavy atom. The number of anilines is 2. The van der Waals surface area contributed by atoms with E-state index in [9.17, 15) is 10.1 Å². The molecular formula is C15H13N5O2. The number of nitro benzene ring substituents is 1. The minimum atomic E-state index is -0.423. The lowest BCUT2D eigenvalue weighted by Crippen LogP contribution is -2.03. The highest BCUT2D eigenvalue weighted by atomic mass is 16.6. The van der Waals surface area contributed by atoms with E-state index in [0.29, 0.717) is 18.1 Å². The highest BCUT2D eigenvalue weighted by molar-refractivity contribution is 5.67. The van der Waals surface area contributed by atoms with E-state index in [1.165, 1.54) is 6.07 Å².